The highest BCUT2D eigenvalue weighted by Gasteiger charge is 2.07. The fraction of sp³-hybridized carbons (Fsp3) is 0.533. The van der Waals surface area contributed by atoms with Gasteiger partial charge >= 0.3 is 0 Å². The number of nitrogens with zero attached hydrogens (tertiary/aromatic N) is 1. The highest BCUT2D eigenvalue weighted by molar-refractivity contribution is 5.75. The van der Waals surface area contributed by atoms with Gasteiger partial charge in [0.25, 0.3) is 0 Å². The summed E-state index contributed by atoms with van der Waals surface area (Å²) >= 11 is 0. The zero-order chi connectivity index (χ0) is 15.0. The smallest absolute Gasteiger partial charge is 0.222 e. The quantitative estimate of drug-likeness (QED) is 0.732. The van der Waals surface area contributed by atoms with E-state index in [0.717, 1.165) is 12.0 Å². The summed E-state index contributed by atoms with van der Waals surface area (Å²) < 4.78 is 11.0. The largest absolute Gasteiger partial charge is 0.493 e. The maximum atomic E-state index is 11.4. The molecule has 0 fully saturated rings. The van der Waals surface area contributed by atoms with Crippen LogP contribution < -0.4 is 15.2 Å². The Bertz CT molecular complexity index is 433. The van der Waals surface area contributed by atoms with Crippen LogP contribution in [0.25, 0.3) is 0 Å². The lowest BCUT2D eigenvalue weighted by molar-refractivity contribution is -0.128. The molecule has 5 nitrogen and oxygen atoms in total. The molecule has 5 heteroatoms. The fourth-order valence-electron chi connectivity index (χ4n) is 1.79. The van der Waals surface area contributed by atoms with E-state index in [1.54, 1.807) is 26.1 Å². The van der Waals surface area contributed by atoms with Crippen molar-refractivity contribution in [3.63, 3.8) is 0 Å². The number of amides is 1. The van der Waals surface area contributed by atoms with Crippen LogP contribution in [0.4, 0.5) is 0 Å². The van der Waals surface area contributed by atoms with Crippen LogP contribution in [0.1, 0.15) is 18.4 Å². The van der Waals surface area contributed by atoms with Crippen LogP contribution >= 0.6 is 0 Å². The molecule has 2 N–H and O–H groups in total. The van der Waals surface area contributed by atoms with Gasteiger partial charge in [0, 0.05) is 20.5 Å². The van der Waals surface area contributed by atoms with Crippen LogP contribution in [0.2, 0.25) is 0 Å². The number of carbonyl (C=O) groups is 1. The molecule has 1 aromatic carbocycles. The average Bonchev–Trinajstić information content (AvgIpc) is 2.43. The van der Waals surface area contributed by atoms with Crippen LogP contribution in [0.5, 0.6) is 11.5 Å². The minimum absolute atomic E-state index is 0.109. The molecule has 0 radical (unpaired) electrons. The molecule has 0 aromatic heterocycles. The van der Waals surface area contributed by atoms with Gasteiger partial charge in [-0.15, -0.1) is 0 Å². The number of benzene rings is 1. The van der Waals surface area contributed by atoms with Gasteiger partial charge in [0.15, 0.2) is 11.5 Å². The number of ether oxygens (including phenoxy) is 2. The number of hydrogen-bond donors (Lipinski definition) is 1. The van der Waals surface area contributed by atoms with Crippen molar-refractivity contribution in [3.05, 3.63) is 23.8 Å². The standard InChI is InChI=1S/C15H24N2O3/c1-17(2)15(18)5-4-10-20-14-11-12(8-9-16)6-7-13(14)19-3/h6-7,11H,4-5,8-10,16H2,1-3H3. The predicted octanol–water partition coefficient (Wildman–Crippen LogP) is 1.44. The molecule has 1 rings (SSSR count). The summed E-state index contributed by atoms with van der Waals surface area (Å²) in [6.07, 6.45) is 1.97. The van der Waals surface area contributed by atoms with Crippen molar-refractivity contribution in [2.45, 2.75) is 19.3 Å². The van der Waals surface area contributed by atoms with Gasteiger partial charge in [-0.1, -0.05) is 6.07 Å². The van der Waals surface area contributed by atoms with Crippen molar-refractivity contribution in [1.29, 1.82) is 0 Å². The van der Waals surface area contributed by atoms with Crippen LogP contribution in [0, 0.1) is 0 Å². The van der Waals surface area contributed by atoms with Crippen molar-refractivity contribution >= 4 is 5.91 Å². The zero-order valence-electron chi connectivity index (χ0n) is 12.5. The summed E-state index contributed by atoms with van der Waals surface area (Å²) in [6.45, 7) is 1.09. The zero-order valence-corrected chi connectivity index (χ0v) is 12.5. The molecule has 1 aromatic rings. The first-order valence-corrected chi connectivity index (χ1v) is 6.78. The van der Waals surface area contributed by atoms with E-state index < -0.39 is 0 Å². The van der Waals surface area contributed by atoms with Gasteiger partial charge in [-0.2, -0.15) is 0 Å². The van der Waals surface area contributed by atoms with E-state index in [-0.39, 0.29) is 5.91 Å². The van der Waals surface area contributed by atoms with Crippen LogP contribution in [-0.2, 0) is 11.2 Å². The number of hydrogen-bond acceptors (Lipinski definition) is 4. The third-order valence-corrected chi connectivity index (χ3v) is 2.95. The molecule has 0 aliphatic rings. The monoisotopic (exact) mass is 280 g/mol. The summed E-state index contributed by atoms with van der Waals surface area (Å²) in [6, 6.07) is 5.80. The fourth-order valence-corrected chi connectivity index (χ4v) is 1.79. The van der Waals surface area contributed by atoms with E-state index in [1.165, 1.54) is 0 Å². The van der Waals surface area contributed by atoms with Crippen molar-refractivity contribution < 1.29 is 14.3 Å². The molecule has 20 heavy (non-hydrogen) atoms. The third-order valence-electron chi connectivity index (χ3n) is 2.95. The van der Waals surface area contributed by atoms with E-state index in [4.69, 9.17) is 15.2 Å². The maximum Gasteiger partial charge on any atom is 0.222 e. The Labute approximate surface area is 120 Å². The van der Waals surface area contributed by atoms with Gasteiger partial charge in [0.2, 0.25) is 5.91 Å². The van der Waals surface area contributed by atoms with Crippen molar-refractivity contribution in [2.24, 2.45) is 5.73 Å². The van der Waals surface area contributed by atoms with E-state index in [0.29, 0.717) is 37.5 Å². The Kier molecular flexibility index (Phi) is 6.87. The van der Waals surface area contributed by atoms with Gasteiger partial charge in [-0.05, 0) is 37.1 Å². The second kappa shape index (κ2) is 8.43. The van der Waals surface area contributed by atoms with Gasteiger partial charge in [0.05, 0.1) is 13.7 Å². The topological polar surface area (TPSA) is 64.8 Å². The molecule has 0 saturated heterocycles. The lowest BCUT2D eigenvalue weighted by Gasteiger charge is -2.13. The summed E-state index contributed by atoms with van der Waals surface area (Å²) in [5.41, 5.74) is 6.67. The first-order valence-electron chi connectivity index (χ1n) is 6.78. The second-order valence-electron chi connectivity index (χ2n) is 4.76. The highest BCUT2D eigenvalue weighted by Crippen LogP contribution is 2.28. The molecule has 0 saturated carbocycles. The minimum Gasteiger partial charge on any atom is -0.493 e. The maximum absolute atomic E-state index is 11.4. The molecule has 0 unspecified atom stereocenters. The van der Waals surface area contributed by atoms with Crippen LogP contribution in [0.15, 0.2) is 18.2 Å². The highest BCUT2D eigenvalue weighted by atomic mass is 16.5. The number of carbonyl (C=O) groups excluding carboxylic acids is 1. The lowest BCUT2D eigenvalue weighted by atomic mass is 10.1. The number of methoxy groups -OCH3 is 1. The van der Waals surface area contributed by atoms with E-state index in [1.807, 2.05) is 18.2 Å². The Morgan fingerprint density at radius 1 is 1.30 bits per heavy atom. The van der Waals surface area contributed by atoms with E-state index in [9.17, 15) is 4.79 Å². The molecule has 0 heterocycles. The summed E-state index contributed by atoms with van der Waals surface area (Å²) in [5, 5.41) is 0. The molecule has 0 atom stereocenters. The second-order valence-corrected chi connectivity index (χ2v) is 4.76. The average molecular weight is 280 g/mol. The van der Waals surface area contributed by atoms with Gasteiger partial charge in [-0.3, -0.25) is 4.79 Å². The van der Waals surface area contributed by atoms with E-state index in [2.05, 4.69) is 0 Å². The Morgan fingerprint density at radius 3 is 2.65 bits per heavy atom. The van der Waals surface area contributed by atoms with Crippen LogP contribution in [-0.4, -0.2) is 45.2 Å². The first kappa shape index (κ1) is 16.3. The first-order chi connectivity index (χ1) is 9.58. The van der Waals surface area contributed by atoms with Gasteiger partial charge < -0.3 is 20.1 Å². The number of rotatable bonds is 8. The Morgan fingerprint density at radius 2 is 2.05 bits per heavy atom. The molecule has 1 amide bonds. The third kappa shape index (κ3) is 5.09. The Hall–Kier alpha value is -1.75. The van der Waals surface area contributed by atoms with Crippen molar-refractivity contribution in [3.8, 4) is 11.5 Å². The SMILES string of the molecule is COc1ccc(CCN)cc1OCCCC(=O)N(C)C. The lowest BCUT2D eigenvalue weighted by Crippen LogP contribution is -2.21. The van der Waals surface area contributed by atoms with Crippen molar-refractivity contribution in [1.82, 2.24) is 4.90 Å². The summed E-state index contributed by atoms with van der Waals surface area (Å²) in [5.74, 6) is 1.51. The summed E-state index contributed by atoms with van der Waals surface area (Å²) in [4.78, 5) is 13.0. The van der Waals surface area contributed by atoms with Crippen molar-refractivity contribution in [2.75, 3.05) is 34.4 Å². The normalized spacial score (nSPS) is 10.2. The molecule has 0 bridgehead atoms. The minimum atomic E-state index is 0.109. The molecule has 0 spiro atoms. The molecular formula is C15H24N2O3. The molecule has 0 aliphatic carbocycles. The molecule has 0 aliphatic heterocycles. The Balaban J connectivity index is 2.53. The predicted molar refractivity (Wildman–Crippen MR) is 79.2 cm³/mol. The van der Waals surface area contributed by atoms with E-state index >= 15 is 0 Å². The van der Waals surface area contributed by atoms with Gasteiger partial charge in [0.1, 0.15) is 0 Å². The summed E-state index contributed by atoms with van der Waals surface area (Å²) in [7, 11) is 5.12. The molecular weight excluding hydrogens is 256 g/mol. The van der Waals surface area contributed by atoms with Crippen LogP contribution in [0.3, 0.4) is 0 Å². The number of nitrogens with two attached hydrogens (primary N) is 1. The molecule has 112 valence electrons. The van der Waals surface area contributed by atoms with Gasteiger partial charge in [-0.25, -0.2) is 0 Å².